The van der Waals surface area contributed by atoms with Gasteiger partial charge in [-0.05, 0) is 12.2 Å². The number of thioether (sulfide) groups is 1. The van der Waals surface area contributed by atoms with Gasteiger partial charge in [0.25, 0.3) is 5.82 Å². The molecule has 0 spiro atoms. The molecule has 0 saturated carbocycles. The van der Waals surface area contributed by atoms with Crippen molar-refractivity contribution in [3.05, 3.63) is 18.2 Å². The fourth-order valence-corrected chi connectivity index (χ4v) is 2.09. The van der Waals surface area contributed by atoms with E-state index in [1.54, 1.807) is 0 Å². The number of nitrogens with one attached hydrogen (secondary N) is 1. The van der Waals surface area contributed by atoms with Crippen molar-refractivity contribution in [1.29, 1.82) is 0 Å². The molecule has 14 heavy (non-hydrogen) atoms. The maximum Gasteiger partial charge on any atom is 0.255 e. The standard InChI is InChI=1S/C11H20N2S/c1-3-5-8-13-9-7-12-11(13)6-10-14-4-2/h7,9H,3-6,8,10H2,1-2H3/p+1. The van der Waals surface area contributed by atoms with E-state index in [-0.39, 0.29) is 0 Å². The SMILES string of the molecule is CCCC[n+]1cc[nH]c1CCSCC. The number of imidazole rings is 1. The van der Waals surface area contributed by atoms with Crippen LogP contribution in [-0.4, -0.2) is 16.5 Å². The Bertz CT molecular complexity index is 245. The predicted molar refractivity (Wildman–Crippen MR) is 62.6 cm³/mol. The monoisotopic (exact) mass is 213 g/mol. The first kappa shape index (κ1) is 11.6. The molecule has 1 aromatic rings. The molecular formula is C11H21N2S+. The molecule has 1 rings (SSSR count). The molecule has 0 saturated heterocycles. The van der Waals surface area contributed by atoms with Gasteiger partial charge in [-0.25, -0.2) is 9.55 Å². The van der Waals surface area contributed by atoms with Crippen LogP contribution in [0.25, 0.3) is 0 Å². The van der Waals surface area contributed by atoms with E-state index in [1.165, 1.54) is 30.2 Å². The van der Waals surface area contributed by atoms with Crippen LogP contribution in [-0.2, 0) is 13.0 Å². The highest BCUT2D eigenvalue weighted by molar-refractivity contribution is 7.99. The summed E-state index contributed by atoms with van der Waals surface area (Å²) in [5, 5.41) is 0. The molecule has 0 aromatic carbocycles. The van der Waals surface area contributed by atoms with E-state index in [0.717, 1.165) is 13.0 Å². The van der Waals surface area contributed by atoms with Gasteiger partial charge in [0.15, 0.2) is 0 Å². The third-order valence-electron chi connectivity index (χ3n) is 2.29. The van der Waals surface area contributed by atoms with Crippen molar-refractivity contribution < 1.29 is 4.57 Å². The van der Waals surface area contributed by atoms with Crippen LogP contribution in [0.4, 0.5) is 0 Å². The van der Waals surface area contributed by atoms with Crippen molar-refractivity contribution in [3.63, 3.8) is 0 Å². The summed E-state index contributed by atoms with van der Waals surface area (Å²) in [4.78, 5) is 3.32. The first-order valence-electron chi connectivity index (χ1n) is 5.52. The zero-order valence-electron chi connectivity index (χ0n) is 9.25. The van der Waals surface area contributed by atoms with Crippen LogP contribution >= 0.6 is 11.8 Å². The summed E-state index contributed by atoms with van der Waals surface area (Å²) in [5.41, 5.74) is 0. The Hall–Kier alpha value is -0.440. The summed E-state index contributed by atoms with van der Waals surface area (Å²) in [6, 6.07) is 0. The maximum atomic E-state index is 3.32. The van der Waals surface area contributed by atoms with Gasteiger partial charge in [-0.2, -0.15) is 11.8 Å². The van der Waals surface area contributed by atoms with E-state index in [9.17, 15) is 0 Å². The van der Waals surface area contributed by atoms with E-state index in [0.29, 0.717) is 0 Å². The lowest BCUT2D eigenvalue weighted by atomic mass is 10.3. The van der Waals surface area contributed by atoms with Gasteiger partial charge in [0.2, 0.25) is 0 Å². The van der Waals surface area contributed by atoms with Gasteiger partial charge < -0.3 is 0 Å². The molecule has 3 heteroatoms. The number of nitrogens with zero attached hydrogens (tertiary/aromatic N) is 1. The van der Waals surface area contributed by atoms with Gasteiger partial charge in [-0.3, -0.25) is 0 Å². The third kappa shape index (κ3) is 3.74. The number of unbranched alkanes of at least 4 members (excludes halogenated alkanes) is 1. The van der Waals surface area contributed by atoms with E-state index in [2.05, 4.69) is 29.6 Å². The normalized spacial score (nSPS) is 10.7. The van der Waals surface area contributed by atoms with Crippen molar-refractivity contribution in [1.82, 2.24) is 4.98 Å². The number of hydrogen-bond acceptors (Lipinski definition) is 1. The number of rotatable bonds is 7. The highest BCUT2D eigenvalue weighted by atomic mass is 32.2. The third-order valence-corrected chi connectivity index (χ3v) is 3.19. The number of aryl methyl sites for hydroxylation is 2. The zero-order chi connectivity index (χ0) is 10.2. The predicted octanol–water partition coefficient (Wildman–Crippen LogP) is 2.40. The van der Waals surface area contributed by atoms with Crippen LogP contribution in [0, 0.1) is 0 Å². The fraction of sp³-hybridized carbons (Fsp3) is 0.727. The lowest BCUT2D eigenvalue weighted by Crippen LogP contribution is -2.36. The molecule has 0 aliphatic heterocycles. The Morgan fingerprint density at radius 3 is 3.00 bits per heavy atom. The highest BCUT2D eigenvalue weighted by Crippen LogP contribution is 2.01. The lowest BCUT2D eigenvalue weighted by Gasteiger charge is -1.99. The number of aromatic amines is 1. The second kappa shape index (κ2) is 6.93. The largest absolute Gasteiger partial charge is 0.255 e. The van der Waals surface area contributed by atoms with E-state index < -0.39 is 0 Å². The quantitative estimate of drug-likeness (QED) is 0.544. The Labute approximate surface area is 91.1 Å². The molecular weight excluding hydrogens is 192 g/mol. The van der Waals surface area contributed by atoms with Gasteiger partial charge in [0, 0.05) is 5.75 Å². The summed E-state index contributed by atoms with van der Waals surface area (Å²) < 4.78 is 2.35. The Kier molecular flexibility index (Phi) is 5.76. The molecule has 0 radical (unpaired) electrons. The van der Waals surface area contributed by atoms with Crippen LogP contribution in [0.2, 0.25) is 0 Å². The second-order valence-corrected chi connectivity index (χ2v) is 4.79. The molecule has 80 valence electrons. The molecule has 0 aliphatic carbocycles. The molecule has 2 nitrogen and oxygen atoms in total. The molecule has 1 heterocycles. The minimum absolute atomic E-state index is 1.16. The molecule has 0 amide bonds. The van der Waals surface area contributed by atoms with Crippen LogP contribution in [0.5, 0.6) is 0 Å². The smallest absolute Gasteiger partial charge is 0.248 e. The zero-order valence-corrected chi connectivity index (χ0v) is 10.1. The highest BCUT2D eigenvalue weighted by Gasteiger charge is 2.08. The number of H-pyrrole nitrogens is 1. The summed E-state index contributed by atoms with van der Waals surface area (Å²) >= 11 is 2.01. The Morgan fingerprint density at radius 2 is 2.29 bits per heavy atom. The second-order valence-electron chi connectivity index (χ2n) is 3.40. The van der Waals surface area contributed by atoms with Crippen molar-refractivity contribution in [2.75, 3.05) is 11.5 Å². The van der Waals surface area contributed by atoms with Gasteiger partial charge in [0.05, 0.1) is 13.0 Å². The molecule has 0 bridgehead atoms. The number of hydrogen-bond donors (Lipinski definition) is 1. The average Bonchev–Trinajstić information content (AvgIpc) is 2.63. The topological polar surface area (TPSA) is 19.7 Å². The molecule has 0 atom stereocenters. The van der Waals surface area contributed by atoms with E-state index in [4.69, 9.17) is 0 Å². The van der Waals surface area contributed by atoms with Gasteiger partial charge in [0.1, 0.15) is 12.4 Å². The first-order valence-corrected chi connectivity index (χ1v) is 6.67. The first-order chi connectivity index (χ1) is 6.88. The molecule has 0 unspecified atom stereocenters. The van der Waals surface area contributed by atoms with Gasteiger partial charge in [-0.1, -0.05) is 20.3 Å². The van der Waals surface area contributed by atoms with Crippen LogP contribution in [0.1, 0.15) is 32.5 Å². The van der Waals surface area contributed by atoms with Gasteiger partial charge >= 0.3 is 0 Å². The van der Waals surface area contributed by atoms with Gasteiger partial charge in [-0.15, -0.1) is 0 Å². The van der Waals surface area contributed by atoms with E-state index in [1.807, 2.05) is 18.0 Å². The molecule has 0 aliphatic rings. The van der Waals surface area contributed by atoms with Crippen molar-refractivity contribution >= 4 is 11.8 Å². The summed E-state index contributed by atoms with van der Waals surface area (Å²) in [6.07, 6.45) is 7.90. The lowest BCUT2D eigenvalue weighted by molar-refractivity contribution is -0.703. The summed E-state index contributed by atoms with van der Waals surface area (Å²) in [7, 11) is 0. The Morgan fingerprint density at radius 1 is 1.43 bits per heavy atom. The van der Waals surface area contributed by atoms with Crippen molar-refractivity contribution in [2.45, 2.75) is 39.7 Å². The Balaban J connectivity index is 2.37. The summed E-state index contributed by atoms with van der Waals surface area (Å²) in [6.45, 7) is 5.61. The fourth-order valence-electron chi connectivity index (χ4n) is 1.46. The number of aromatic nitrogens is 2. The van der Waals surface area contributed by atoms with Crippen LogP contribution < -0.4 is 4.57 Å². The molecule has 1 aromatic heterocycles. The molecule has 0 fully saturated rings. The van der Waals surface area contributed by atoms with E-state index >= 15 is 0 Å². The summed E-state index contributed by atoms with van der Waals surface area (Å²) in [5.74, 6) is 3.82. The molecule has 1 N–H and O–H groups in total. The minimum atomic E-state index is 1.16. The van der Waals surface area contributed by atoms with Crippen LogP contribution in [0.15, 0.2) is 12.4 Å². The van der Waals surface area contributed by atoms with Crippen molar-refractivity contribution in [2.24, 2.45) is 0 Å². The van der Waals surface area contributed by atoms with Crippen molar-refractivity contribution in [3.8, 4) is 0 Å². The van der Waals surface area contributed by atoms with Crippen LogP contribution in [0.3, 0.4) is 0 Å². The minimum Gasteiger partial charge on any atom is -0.248 e. The average molecular weight is 213 g/mol. The maximum absolute atomic E-state index is 3.32.